The van der Waals surface area contributed by atoms with Gasteiger partial charge in [-0.3, -0.25) is 0 Å². The van der Waals surface area contributed by atoms with Gasteiger partial charge in [-0.25, -0.2) is 23.5 Å². The molecule has 18 heavy (non-hydrogen) atoms. The van der Waals surface area contributed by atoms with Gasteiger partial charge in [-0.05, 0) is 25.8 Å². The van der Waals surface area contributed by atoms with Crippen LogP contribution in [0, 0.1) is 6.92 Å². The van der Waals surface area contributed by atoms with Gasteiger partial charge in [0.15, 0.2) is 0 Å². The second-order valence-corrected chi connectivity index (χ2v) is 5.95. The largest absolute Gasteiger partial charge is 0.273 e. The van der Waals surface area contributed by atoms with Gasteiger partial charge in [0.1, 0.15) is 0 Å². The van der Waals surface area contributed by atoms with Crippen molar-refractivity contribution in [3.63, 3.8) is 0 Å². The Labute approximate surface area is 109 Å². The Morgan fingerprint density at radius 2 is 1.83 bits per heavy atom. The van der Waals surface area contributed by atoms with Crippen LogP contribution in [0.4, 0.5) is 0 Å². The van der Waals surface area contributed by atoms with E-state index < -0.39 is 10.0 Å². The molecule has 2 N–H and O–H groups in total. The van der Waals surface area contributed by atoms with Crippen LogP contribution in [0.2, 0.25) is 0 Å². The van der Waals surface area contributed by atoms with E-state index in [1.54, 1.807) is 6.92 Å². The zero-order valence-corrected chi connectivity index (χ0v) is 11.8. The van der Waals surface area contributed by atoms with Crippen LogP contribution < -0.4 is 5.14 Å². The van der Waals surface area contributed by atoms with Crippen molar-refractivity contribution in [2.24, 2.45) is 5.14 Å². The Morgan fingerprint density at radius 3 is 2.44 bits per heavy atom. The number of hydrogen-bond donors (Lipinski definition) is 1. The van der Waals surface area contributed by atoms with Crippen LogP contribution in [0.3, 0.4) is 0 Å². The molecule has 0 saturated carbocycles. The van der Waals surface area contributed by atoms with Crippen LogP contribution in [0.25, 0.3) is 0 Å². The number of rotatable bonds is 7. The average Bonchev–Trinajstić information content (AvgIpc) is 2.27. The fraction of sp³-hybridized carbons (Fsp3) is 0.667. The molecule has 0 fully saturated rings. The maximum absolute atomic E-state index is 11.2. The molecule has 0 saturated heterocycles. The first kappa shape index (κ1) is 15.0. The van der Waals surface area contributed by atoms with Gasteiger partial charge in [0.05, 0.1) is 0 Å². The quantitative estimate of drug-likeness (QED) is 0.606. The molecular weight excluding hydrogens is 250 g/mol. The van der Waals surface area contributed by atoms with Crippen LogP contribution in [-0.4, -0.2) is 18.4 Å². The van der Waals surface area contributed by atoms with Crippen molar-refractivity contribution in [2.75, 3.05) is 0 Å². The van der Waals surface area contributed by atoms with Crippen molar-refractivity contribution >= 4 is 10.0 Å². The van der Waals surface area contributed by atoms with E-state index in [-0.39, 0.29) is 5.16 Å². The number of sulfonamides is 1. The molecule has 102 valence electrons. The molecule has 0 aromatic carbocycles. The second kappa shape index (κ2) is 6.80. The third kappa shape index (κ3) is 5.10. The van der Waals surface area contributed by atoms with Crippen LogP contribution in [0.1, 0.15) is 50.4 Å². The molecule has 0 amide bonds. The first-order chi connectivity index (χ1) is 8.43. The SMILES string of the molecule is CCCCCCCc1cc(C)nc(S(N)(=O)=O)n1. The molecule has 0 aliphatic heterocycles. The lowest BCUT2D eigenvalue weighted by Gasteiger charge is -2.04. The van der Waals surface area contributed by atoms with E-state index in [4.69, 9.17) is 5.14 Å². The van der Waals surface area contributed by atoms with Crippen molar-refractivity contribution in [1.82, 2.24) is 9.97 Å². The van der Waals surface area contributed by atoms with Gasteiger partial charge in [-0.15, -0.1) is 0 Å². The summed E-state index contributed by atoms with van der Waals surface area (Å²) in [5.41, 5.74) is 1.39. The molecular formula is C12H21N3O2S. The van der Waals surface area contributed by atoms with Gasteiger partial charge >= 0.3 is 0 Å². The smallest absolute Gasteiger partial charge is 0.222 e. The summed E-state index contributed by atoms with van der Waals surface area (Å²) in [6.07, 6.45) is 6.59. The van der Waals surface area contributed by atoms with E-state index in [1.165, 1.54) is 19.3 Å². The lowest BCUT2D eigenvalue weighted by molar-refractivity contribution is 0.584. The fourth-order valence-corrected chi connectivity index (χ4v) is 2.29. The van der Waals surface area contributed by atoms with E-state index in [0.29, 0.717) is 5.69 Å². The van der Waals surface area contributed by atoms with E-state index in [2.05, 4.69) is 16.9 Å². The molecule has 0 unspecified atom stereocenters. The van der Waals surface area contributed by atoms with E-state index >= 15 is 0 Å². The predicted octanol–water partition coefficient (Wildman–Crippen LogP) is 1.95. The highest BCUT2D eigenvalue weighted by Crippen LogP contribution is 2.10. The number of primary sulfonamides is 1. The summed E-state index contributed by atoms with van der Waals surface area (Å²) in [7, 11) is -3.81. The lowest BCUT2D eigenvalue weighted by Crippen LogP contribution is -2.17. The highest BCUT2D eigenvalue weighted by Gasteiger charge is 2.13. The molecule has 0 radical (unpaired) electrons. The summed E-state index contributed by atoms with van der Waals surface area (Å²) in [4.78, 5) is 7.84. The first-order valence-electron chi connectivity index (χ1n) is 6.31. The minimum atomic E-state index is -3.81. The molecule has 1 heterocycles. The summed E-state index contributed by atoms with van der Waals surface area (Å²) < 4.78 is 22.4. The van der Waals surface area contributed by atoms with Crippen molar-refractivity contribution in [3.8, 4) is 0 Å². The Kier molecular flexibility index (Phi) is 5.68. The maximum atomic E-state index is 11.2. The number of unbranched alkanes of at least 4 members (excludes halogenated alkanes) is 4. The van der Waals surface area contributed by atoms with Crippen molar-refractivity contribution in [1.29, 1.82) is 0 Å². The summed E-state index contributed by atoms with van der Waals surface area (Å²) in [6.45, 7) is 3.92. The molecule has 6 heteroatoms. The average molecular weight is 271 g/mol. The summed E-state index contributed by atoms with van der Waals surface area (Å²) in [5.74, 6) is 0. The Bertz CT molecular complexity index is 486. The number of hydrogen-bond acceptors (Lipinski definition) is 4. The normalized spacial score (nSPS) is 11.7. The predicted molar refractivity (Wildman–Crippen MR) is 70.6 cm³/mol. The molecule has 0 aliphatic rings. The van der Waals surface area contributed by atoms with Crippen LogP contribution in [0.5, 0.6) is 0 Å². The van der Waals surface area contributed by atoms with E-state index in [1.807, 2.05) is 6.07 Å². The molecule has 0 spiro atoms. The zero-order chi connectivity index (χ0) is 13.6. The van der Waals surface area contributed by atoms with Crippen LogP contribution in [0.15, 0.2) is 11.2 Å². The van der Waals surface area contributed by atoms with Gasteiger partial charge < -0.3 is 0 Å². The van der Waals surface area contributed by atoms with Crippen molar-refractivity contribution < 1.29 is 8.42 Å². The van der Waals surface area contributed by atoms with Crippen LogP contribution >= 0.6 is 0 Å². The topological polar surface area (TPSA) is 85.9 Å². The molecule has 0 bridgehead atoms. The molecule has 1 rings (SSSR count). The number of aromatic nitrogens is 2. The van der Waals surface area contributed by atoms with Gasteiger partial charge in [0.25, 0.3) is 15.2 Å². The number of aryl methyl sites for hydroxylation is 2. The zero-order valence-electron chi connectivity index (χ0n) is 11.0. The molecule has 0 aliphatic carbocycles. The lowest BCUT2D eigenvalue weighted by atomic mass is 10.1. The van der Waals surface area contributed by atoms with E-state index in [9.17, 15) is 8.42 Å². The highest BCUT2D eigenvalue weighted by atomic mass is 32.2. The Balaban J connectivity index is 2.64. The van der Waals surface area contributed by atoms with Crippen LogP contribution in [-0.2, 0) is 16.4 Å². The molecule has 1 aromatic heterocycles. The minimum absolute atomic E-state index is 0.272. The van der Waals surface area contributed by atoms with Crippen molar-refractivity contribution in [2.45, 2.75) is 57.5 Å². The first-order valence-corrected chi connectivity index (χ1v) is 7.85. The Morgan fingerprint density at radius 1 is 1.17 bits per heavy atom. The summed E-state index contributed by atoms with van der Waals surface area (Å²) in [6, 6.07) is 1.81. The van der Waals surface area contributed by atoms with E-state index in [0.717, 1.165) is 25.0 Å². The van der Waals surface area contributed by atoms with Gasteiger partial charge in [-0.1, -0.05) is 32.6 Å². The maximum Gasteiger partial charge on any atom is 0.273 e. The standard InChI is InChI=1S/C12H21N3O2S/c1-3-4-5-6-7-8-11-9-10(2)14-12(15-11)18(13,16)17/h9H,3-8H2,1-2H3,(H2,13,16,17). The van der Waals surface area contributed by atoms with Gasteiger partial charge in [0, 0.05) is 11.4 Å². The highest BCUT2D eigenvalue weighted by molar-refractivity contribution is 7.89. The third-order valence-electron chi connectivity index (χ3n) is 2.68. The second-order valence-electron chi connectivity index (χ2n) is 4.49. The number of nitrogens with two attached hydrogens (primary N) is 1. The monoisotopic (exact) mass is 271 g/mol. The number of nitrogens with zero attached hydrogens (tertiary/aromatic N) is 2. The van der Waals surface area contributed by atoms with Gasteiger partial charge in [-0.2, -0.15) is 0 Å². The summed E-state index contributed by atoms with van der Waals surface area (Å²) in [5, 5.41) is 4.76. The molecule has 5 nitrogen and oxygen atoms in total. The summed E-state index contributed by atoms with van der Waals surface area (Å²) >= 11 is 0. The van der Waals surface area contributed by atoms with Gasteiger partial charge in [0.2, 0.25) is 0 Å². The molecule has 1 aromatic rings. The Hall–Kier alpha value is -1.01. The third-order valence-corrected chi connectivity index (χ3v) is 3.37. The molecule has 0 atom stereocenters. The van der Waals surface area contributed by atoms with Crippen molar-refractivity contribution in [3.05, 3.63) is 17.5 Å². The fourth-order valence-electron chi connectivity index (χ4n) is 1.77. The minimum Gasteiger partial charge on any atom is -0.222 e.